The minimum absolute atomic E-state index is 0.0233. The first-order chi connectivity index (χ1) is 10.1. The lowest BCUT2D eigenvalue weighted by Crippen LogP contribution is -1.88. The maximum absolute atomic E-state index is 10.5. The van der Waals surface area contributed by atoms with Crippen molar-refractivity contribution in [1.29, 1.82) is 0 Å². The number of rotatable bonds is 5. The Morgan fingerprint density at radius 3 is 1.81 bits per heavy atom. The van der Waals surface area contributed by atoms with Crippen LogP contribution in [0.15, 0.2) is 57.8 Å². The Balaban J connectivity index is 1.98. The molecule has 2 aromatic carbocycles. The number of nitro benzene ring substituents is 2. The second-order valence-electron chi connectivity index (χ2n) is 3.93. The summed E-state index contributed by atoms with van der Waals surface area (Å²) in [7, 11) is 0. The van der Waals surface area contributed by atoms with Crippen LogP contribution in [0.3, 0.4) is 0 Å². The molecule has 0 aliphatic rings. The lowest BCUT2D eigenvalue weighted by molar-refractivity contribution is -0.385. The Kier molecular flexibility index (Phi) is 4.62. The third-order valence-electron chi connectivity index (χ3n) is 2.51. The zero-order chi connectivity index (χ0) is 15.2. The first-order valence-corrected chi connectivity index (χ1v) is 6.53. The predicted octanol–water partition coefficient (Wildman–Crippen LogP) is 3.63. The molecule has 0 aliphatic heterocycles. The van der Waals surface area contributed by atoms with Crippen LogP contribution >= 0.6 is 11.9 Å². The van der Waals surface area contributed by atoms with Crippen LogP contribution < -0.4 is 0 Å². The van der Waals surface area contributed by atoms with E-state index in [-0.39, 0.29) is 11.4 Å². The van der Waals surface area contributed by atoms with Crippen molar-refractivity contribution in [3.63, 3.8) is 0 Å². The van der Waals surface area contributed by atoms with Gasteiger partial charge in [0.1, 0.15) is 0 Å². The molecule has 0 unspecified atom stereocenters. The van der Waals surface area contributed by atoms with Crippen molar-refractivity contribution >= 4 is 29.5 Å². The van der Waals surface area contributed by atoms with Crippen molar-refractivity contribution in [2.45, 2.75) is 4.90 Å². The van der Waals surface area contributed by atoms with Crippen LogP contribution in [0.25, 0.3) is 0 Å². The summed E-state index contributed by atoms with van der Waals surface area (Å²) in [5.41, 5.74) is 0.781. The van der Waals surface area contributed by atoms with Gasteiger partial charge in [-0.3, -0.25) is 20.2 Å². The number of nitro groups is 2. The van der Waals surface area contributed by atoms with Crippen molar-refractivity contribution in [1.82, 2.24) is 0 Å². The largest absolute Gasteiger partial charge is 0.269 e. The molecule has 0 radical (unpaired) electrons. The van der Waals surface area contributed by atoms with E-state index in [0.717, 1.165) is 22.4 Å². The molecule has 2 aromatic rings. The van der Waals surface area contributed by atoms with Gasteiger partial charge in [0, 0.05) is 47.3 Å². The summed E-state index contributed by atoms with van der Waals surface area (Å²) < 4.78 is 4.11. The standard InChI is InChI=1S/C13H9N3O4S/c17-15(18)11-3-1-10(2-4-11)9-14-21-13-7-5-12(6-8-13)16(19)20/h1-9H/b14-9+. The van der Waals surface area contributed by atoms with E-state index in [9.17, 15) is 20.2 Å². The highest BCUT2D eigenvalue weighted by Crippen LogP contribution is 2.22. The normalized spacial score (nSPS) is 10.7. The van der Waals surface area contributed by atoms with E-state index in [0.29, 0.717) is 0 Å². The molecule has 0 spiro atoms. The molecule has 0 saturated carbocycles. The quantitative estimate of drug-likeness (QED) is 0.363. The third kappa shape index (κ3) is 4.11. The average Bonchev–Trinajstić information content (AvgIpc) is 2.48. The second kappa shape index (κ2) is 6.62. The van der Waals surface area contributed by atoms with Crippen LogP contribution in [0.4, 0.5) is 11.4 Å². The Morgan fingerprint density at radius 1 is 0.857 bits per heavy atom. The van der Waals surface area contributed by atoms with Crippen LogP contribution in [-0.4, -0.2) is 16.1 Å². The summed E-state index contributed by atoms with van der Waals surface area (Å²) >= 11 is 1.16. The highest BCUT2D eigenvalue weighted by molar-refractivity contribution is 7.98. The minimum atomic E-state index is -0.466. The van der Waals surface area contributed by atoms with Crippen LogP contribution in [0, 0.1) is 20.2 Å². The molecule has 0 heterocycles. The topological polar surface area (TPSA) is 98.6 Å². The van der Waals surface area contributed by atoms with Gasteiger partial charge >= 0.3 is 0 Å². The number of hydrogen-bond acceptors (Lipinski definition) is 6. The summed E-state index contributed by atoms with van der Waals surface area (Å²) in [6, 6.07) is 12.0. The van der Waals surface area contributed by atoms with Crippen molar-refractivity contribution in [3.05, 3.63) is 74.3 Å². The maximum atomic E-state index is 10.5. The van der Waals surface area contributed by atoms with E-state index in [1.807, 2.05) is 0 Å². The monoisotopic (exact) mass is 303 g/mol. The van der Waals surface area contributed by atoms with Gasteiger partial charge in [-0.1, -0.05) is 0 Å². The molecule has 0 amide bonds. The summed E-state index contributed by atoms with van der Waals surface area (Å²) in [6.07, 6.45) is 1.57. The molecule has 0 aromatic heterocycles. The van der Waals surface area contributed by atoms with Gasteiger partial charge in [-0.2, -0.15) is 0 Å². The smallest absolute Gasteiger partial charge is 0.258 e. The lowest BCUT2D eigenvalue weighted by atomic mass is 10.2. The molecule has 0 aliphatic carbocycles. The van der Waals surface area contributed by atoms with E-state index in [1.165, 1.54) is 24.3 Å². The fourth-order valence-corrected chi connectivity index (χ4v) is 2.01. The van der Waals surface area contributed by atoms with Gasteiger partial charge in [-0.05, 0) is 29.8 Å². The maximum Gasteiger partial charge on any atom is 0.269 e. The van der Waals surface area contributed by atoms with E-state index >= 15 is 0 Å². The number of benzene rings is 2. The molecule has 106 valence electrons. The van der Waals surface area contributed by atoms with Crippen molar-refractivity contribution in [3.8, 4) is 0 Å². The molecule has 0 saturated heterocycles. The highest BCUT2D eigenvalue weighted by atomic mass is 32.2. The summed E-state index contributed by atoms with van der Waals surface area (Å²) in [6.45, 7) is 0. The Morgan fingerprint density at radius 2 is 1.33 bits per heavy atom. The zero-order valence-electron chi connectivity index (χ0n) is 10.6. The van der Waals surface area contributed by atoms with Crippen molar-refractivity contribution < 1.29 is 9.85 Å². The van der Waals surface area contributed by atoms with Gasteiger partial charge < -0.3 is 0 Å². The summed E-state index contributed by atoms with van der Waals surface area (Å²) in [5.74, 6) is 0. The molecule has 0 N–H and O–H groups in total. The van der Waals surface area contributed by atoms with Crippen LogP contribution in [0.2, 0.25) is 0 Å². The zero-order valence-corrected chi connectivity index (χ0v) is 11.4. The van der Waals surface area contributed by atoms with Gasteiger partial charge in [0.25, 0.3) is 11.4 Å². The first-order valence-electron chi connectivity index (χ1n) is 5.75. The molecule has 0 atom stereocenters. The van der Waals surface area contributed by atoms with E-state index < -0.39 is 9.85 Å². The van der Waals surface area contributed by atoms with Crippen molar-refractivity contribution in [2.24, 2.45) is 4.40 Å². The van der Waals surface area contributed by atoms with Crippen molar-refractivity contribution in [2.75, 3.05) is 0 Å². The fourth-order valence-electron chi connectivity index (χ4n) is 1.46. The van der Waals surface area contributed by atoms with Gasteiger partial charge in [0.15, 0.2) is 0 Å². The van der Waals surface area contributed by atoms with Crippen LogP contribution in [-0.2, 0) is 0 Å². The molecular formula is C13H9N3O4S. The highest BCUT2D eigenvalue weighted by Gasteiger charge is 2.04. The van der Waals surface area contributed by atoms with Crippen LogP contribution in [0.1, 0.15) is 5.56 Å². The van der Waals surface area contributed by atoms with Gasteiger partial charge in [0.2, 0.25) is 0 Å². The molecule has 21 heavy (non-hydrogen) atoms. The van der Waals surface area contributed by atoms with E-state index in [2.05, 4.69) is 4.40 Å². The van der Waals surface area contributed by atoms with Gasteiger partial charge in [-0.25, -0.2) is 4.40 Å². The second-order valence-corrected chi connectivity index (χ2v) is 4.79. The molecule has 2 rings (SSSR count). The molecular weight excluding hydrogens is 294 g/mol. The number of nitrogens with zero attached hydrogens (tertiary/aromatic N) is 3. The Hall–Kier alpha value is -2.74. The number of non-ortho nitro benzene ring substituents is 2. The van der Waals surface area contributed by atoms with E-state index in [4.69, 9.17) is 0 Å². The fraction of sp³-hybridized carbons (Fsp3) is 0. The molecule has 7 nitrogen and oxygen atoms in total. The van der Waals surface area contributed by atoms with Gasteiger partial charge in [-0.15, -0.1) is 0 Å². The first kappa shape index (κ1) is 14.7. The average molecular weight is 303 g/mol. The number of hydrogen-bond donors (Lipinski definition) is 0. The third-order valence-corrected chi connectivity index (χ3v) is 3.21. The minimum Gasteiger partial charge on any atom is -0.258 e. The van der Waals surface area contributed by atoms with E-state index in [1.54, 1.807) is 30.5 Å². The molecule has 8 heteroatoms. The molecule has 0 fully saturated rings. The lowest BCUT2D eigenvalue weighted by Gasteiger charge is -1.96. The summed E-state index contributed by atoms with van der Waals surface area (Å²) in [5, 5.41) is 21.0. The molecule has 0 bridgehead atoms. The predicted molar refractivity (Wildman–Crippen MR) is 79.6 cm³/mol. The Labute approximate surface area is 123 Å². The summed E-state index contributed by atoms with van der Waals surface area (Å²) in [4.78, 5) is 20.8. The SMILES string of the molecule is O=[N+]([O-])c1ccc(/C=N/Sc2ccc([N+](=O)[O-])cc2)cc1. The Bertz CT molecular complexity index is 684. The van der Waals surface area contributed by atoms with Gasteiger partial charge in [0.05, 0.1) is 9.85 Å². The van der Waals surface area contributed by atoms with Crippen LogP contribution in [0.5, 0.6) is 0 Å².